The Morgan fingerprint density at radius 2 is 2.20 bits per heavy atom. The van der Waals surface area contributed by atoms with Gasteiger partial charge in [0.05, 0.1) is 18.8 Å². The van der Waals surface area contributed by atoms with Crippen LogP contribution in [0, 0.1) is 0 Å². The second-order valence-corrected chi connectivity index (χ2v) is 4.23. The fraction of sp³-hybridized carbons (Fsp3) is 1.00. The van der Waals surface area contributed by atoms with Gasteiger partial charge in [-0.2, -0.15) is 8.42 Å². The summed E-state index contributed by atoms with van der Waals surface area (Å²) in [6.07, 6.45) is -4.20. The highest BCUT2D eigenvalue weighted by Crippen LogP contribution is 2.15. The Labute approximate surface area is 87.9 Å². The molecule has 0 radical (unpaired) electrons. The van der Waals surface area contributed by atoms with Crippen LogP contribution in [0.25, 0.3) is 1.43 Å². The van der Waals surface area contributed by atoms with Gasteiger partial charge in [-0.05, 0) is 0 Å². The second-order valence-electron chi connectivity index (χ2n) is 3.22. The Kier molecular flexibility index (Phi) is 3.51. The first kappa shape index (κ1) is 11.2. The van der Waals surface area contributed by atoms with Gasteiger partial charge in [0.25, 0.3) is 0 Å². The summed E-state index contributed by atoms with van der Waals surface area (Å²) in [5.74, 6) is 0. The quantitative estimate of drug-likeness (QED) is 0.327. The maximum Gasteiger partial charge on any atom is 0.397 e. The van der Waals surface area contributed by atoms with E-state index >= 15 is 0 Å². The topological polar surface area (TPSA) is 136 Å². The summed E-state index contributed by atoms with van der Waals surface area (Å²) in [6, 6.07) is -0.811. The number of rotatable bonds is 4. The molecule has 1 rings (SSSR count). The summed E-state index contributed by atoms with van der Waals surface area (Å²) in [4.78, 5) is 0. The van der Waals surface area contributed by atoms with Crippen LogP contribution in [0.5, 0.6) is 0 Å². The molecule has 90 valence electrons. The van der Waals surface area contributed by atoms with Crippen LogP contribution in [0.2, 0.25) is 0 Å². The number of hydrogen-bond acceptors (Lipinski definition) is 8. The van der Waals surface area contributed by atoms with E-state index in [4.69, 9.17) is 6.54 Å². The Balaban J connectivity index is 2.75. The van der Waals surface area contributed by atoms with E-state index in [0.29, 0.717) is 0 Å². The molecule has 0 spiro atoms. The molecule has 0 aromatic rings. The molecule has 1 aliphatic rings. The number of aliphatic hydroxyl groups is 3. The average molecular weight is 244 g/mol. The van der Waals surface area contributed by atoms with Crippen molar-refractivity contribution in [2.45, 2.75) is 24.4 Å². The highest BCUT2D eigenvalue weighted by Gasteiger charge is 2.40. The van der Waals surface area contributed by atoms with Crippen LogP contribution in [0.3, 0.4) is 0 Å². The molecule has 1 heterocycles. The van der Waals surface area contributed by atoms with Crippen molar-refractivity contribution in [1.82, 2.24) is 5.32 Å². The van der Waals surface area contributed by atoms with Gasteiger partial charge in [-0.3, -0.25) is 4.56 Å². The van der Waals surface area contributed by atoms with Crippen LogP contribution < -0.4 is 5.32 Å². The number of aliphatic hydroxyl groups excluding tert-OH is 3. The summed E-state index contributed by atoms with van der Waals surface area (Å²) in [7, 11) is -4.58. The number of piperidine rings is 1. The molecule has 0 aromatic carbocycles. The predicted octanol–water partition coefficient (Wildman–Crippen LogP) is -3.14. The highest BCUT2D eigenvalue weighted by molar-refractivity contribution is 7.80. The lowest BCUT2D eigenvalue weighted by molar-refractivity contribution is -0.0891. The summed E-state index contributed by atoms with van der Waals surface area (Å²) in [5.41, 5.74) is 0. The first-order valence-corrected chi connectivity index (χ1v) is 5.53. The smallest absolute Gasteiger partial charge is 0.395 e. The second kappa shape index (κ2) is 4.70. The zero-order valence-electron chi connectivity index (χ0n) is 8.61. The first-order chi connectivity index (χ1) is 7.41. The highest BCUT2D eigenvalue weighted by atomic mass is 32.3. The predicted molar refractivity (Wildman–Crippen MR) is 47.3 cm³/mol. The van der Waals surface area contributed by atoms with Crippen LogP contribution in [0.15, 0.2) is 0 Å². The Bertz CT molecular complexity index is 323. The molecule has 0 aromatic heterocycles. The first-order valence-electron chi connectivity index (χ1n) is 4.60. The van der Waals surface area contributed by atoms with E-state index in [-0.39, 0.29) is 6.54 Å². The Morgan fingerprint density at radius 1 is 1.53 bits per heavy atom. The van der Waals surface area contributed by atoms with Gasteiger partial charge in [-0.25, -0.2) is 4.18 Å². The zero-order valence-corrected chi connectivity index (χ0v) is 8.42. The summed E-state index contributed by atoms with van der Waals surface area (Å²) in [5, 5.41) is 30.4. The zero-order chi connectivity index (χ0) is 12.3. The monoisotopic (exact) mass is 244 g/mol. The van der Waals surface area contributed by atoms with E-state index in [1.54, 1.807) is 0 Å². The van der Waals surface area contributed by atoms with Crippen LogP contribution in [-0.4, -0.2) is 65.8 Å². The molecule has 0 unspecified atom stereocenters. The molecule has 0 saturated carbocycles. The third-order valence-electron chi connectivity index (χ3n) is 2.14. The number of nitrogens with one attached hydrogen (secondary N) is 1. The molecule has 1 saturated heterocycles. The van der Waals surface area contributed by atoms with Gasteiger partial charge in [0.1, 0.15) is 12.2 Å². The van der Waals surface area contributed by atoms with E-state index in [1.807, 2.05) is 0 Å². The lowest BCUT2D eigenvalue weighted by Crippen LogP contribution is -2.62. The molecule has 8 nitrogen and oxygen atoms in total. The van der Waals surface area contributed by atoms with E-state index < -0.39 is 41.4 Å². The van der Waals surface area contributed by atoms with Crippen molar-refractivity contribution in [1.29, 1.82) is 1.43 Å². The molecule has 1 fully saturated rings. The van der Waals surface area contributed by atoms with Crippen molar-refractivity contribution in [3.05, 3.63) is 0 Å². The van der Waals surface area contributed by atoms with Gasteiger partial charge >= 0.3 is 10.4 Å². The van der Waals surface area contributed by atoms with Gasteiger partial charge in [0.2, 0.25) is 1.43 Å². The number of hydrogen-bond donors (Lipinski definition) is 5. The molecule has 1 aliphatic heterocycles. The van der Waals surface area contributed by atoms with Gasteiger partial charge in [0, 0.05) is 6.54 Å². The average Bonchev–Trinajstić information content (AvgIpc) is 2.24. The van der Waals surface area contributed by atoms with E-state index in [1.165, 1.54) is 0 Å². The minimum absolute atomic E-state index is 0.0551. The lowest BCUT2D eigenvalue weighted by Gasteiger charge is -2.36. The third kappa shape index (κ3) is 3.34. The lowest BCUT2D eigenvalue weighted by atomic mass is 9.97. The fourth-order valence-electron chi connectivity index (χ4n) is 1.40. The number of β-amino-alcohol motifs (C(OH)–C–C–N with tert-alkyl or cyclic N) is 1. The molecular weight excluding hydrogens is 230 g/mol. The van der Waals surface area contributed by atoms with Crippen LogP contribution >= 0.6 is 0 Å². The third-order valence-corrected chi connectivity index (χ3v) is 2.60. The van der Waals surface area contributed by atoms with Crippen LogP contribution in [0.4, 0.5) is 0 Å². The van der Waals surface area contributed by atoms with Crippen molar-refractivity contribution in [3.8, 4) is 0 Å². The molecule has 5 N–H and O–H groups in total. The van der Waals surface area contributed by atoms with Crippen molar-refractivity contribution in [3.63, 3.8) is 0 Å². The SMILES string of the molecule is [2H]OS(=O)(=O)O[C@H]1[C@@H](O)[C@@H](CO)NC[C@@H]1O. The van der Waals surface area contributed by atoms with E-state index in [9.17, 15) is 18.6 Å². The van der Waals surface area contributed by atoms with Crippen molar-refractivity contribution < 1.29 is 32.5 Å². The Hall–Kier alpha value is -0.290. The minimum Gasteiger partial charge on any atom is -0.395 e. The summed E-state index contributed by atoms with van der Waals surface area (Å²) >= 11 is 0. The molecule has 15 heavy (non-hydrogen) atoms. The van der Waals surface area contributed by atoms with Gasteiger partial charge in [-0.1, -0.05) is 0 Å². The maximum atomic E-state index is 10.8. The summed E-state index contributed by atoms with van der Waals surface area (Å²) < 4.78 is 35.4. The van der Waals surface area contributed by atoms with Gasteiger partial charge in [-0.15, -0.1) is 0 Å². The van der Waals surface area contributed by atoms with E-state index in [0.717, 1.165) is 0 Å². The fourth-order valence-corrected chi connectivity index (χ4v) is 1.91. The van der Waals surface area contributed by atoms with Crippen molar-refractivity contribution >= 4 is 10.4 Å². The van der Waals surface area contributed by atoms with E-state index in [2.05, 4.69) is 14.1 Å². The molecule has 0 bridgehead atoms. The van der Waals surface area contributed by atoms with Crippen molar-refractivity contribution in [2.24, 2.45) is 0 Å². The van der Waals surface area contributed by atoms with Crippen molar-refractivity contribution in [2.75, 3.05) is 13.2 Å². The molecule has 4 atom stereocenters. The maximum absolute atomic E-state index is 10.8. The normalized spacial score (nSPS) is 38.7. The molecule has 0 amide bonds. The van der Waals surface area contributed by atoms with Crippen LogP contribution in [-0.2, 0) is 14.6 Å². The standard InChI is InChI=1S/C6H13NO7S/c8-2-3-5(10)6(4(9)1-7-3)14-15(11,12)13/h3-10H,1-2H2,(H,11,12,13)/t3-,4+,5+,6-/m1/s1/i/hD. The van der Waals surface area contributed by atoms with Gasteiger partial charge < -0.3 is 20.6 Å². The van der Waals surface area contributed by atoms with Gasteiger partial charge in [0.15, 0.2) is 0 Å². The van der Waals surface area contributed by atoms with Crippen LogP contribution in [0.1, 0.15) is 0 Å². The largest absolute Gasteiger partial charge is 0.397 e. The molecular formula is C6H13NO7S. The minimum atomic E-state index is -4.58. The summed E-state index contributed by atoms with van der Waals surface area (Å²) in [6.45, 7) is -0.504. The Morgan fingerprint density at radius 3 is 2.73 bits per heavy atom. The molecule has 0 aliphatic carbocycles. The molecule has 9 heteroatoms.